The predicted octanol–water partition coefficient (Wildman–Crippen LogP) is 2.61. The van der Waals surface area contributed by atoms with Crippen LogP contribution in [-0.4, -0.2) is 22.8 Å². The summed E-state index contributed by atoms with van der Waals surface area (Å²) in [6, 6.07) is 9.16. The number of benzene rings is 1. The van der Waals surface area contributed by atoms with Crippen molar-refractivity contribution in [2.24, 2.45) is 5.92 Å². The van der Waals surface area contributed by atoms with Crippen molar-refractivity contribution in [2.75, 3.05) is 6.61 Å². The largest absolute Gasteiger partial charge is 0.465 e. The van der Waals surface area contributed by atoms with Crippen LogP contribution in [0.5, 0.6) is 0 Å². The van der Waals surface area contributed by atoms with Crippen molar-refractivity contribution in [1.29, 1.82) is 5.26 Å². The third-order valence-electron chi connectivity index (χ3n) is 3.57. The zero-order valence-corrected chi connectivity index (χ0v) is 14.3. The fourth-order valence-corrected chi connectivity index (χ4v) is 2.79. The van der Waals surface area contributed by atoms with Gasteiger partial charge in [-0.1, -0.05) is 28.1 Å². The summed E-state index contributed by atoms with van der Waals surface area (Å²) in [5.74, 6) is -2.45. The lowest BCUT2D eigenvalue weighted by molar-refractivity contribution is -0.146. The molecule has 1 heterocycles. The van der Waals surface area contributed by atoms with Crippen molar-refractivity contribution in [3.63, 3.8) is 0 Å². The van der Waals surface area contributed by atoms with Gasteiger partial charge in [-0.3, -0.25) is 14.7 Å². The molecule has 2 atom stereocenters. The summed E-state index contributed by atoms with van der Waals surface area (Å²) >= 11 is 3.35. The van der Waals surface area contributed by atoms with Gasteiger partial charge in [-0.25, -0.2) is 0 Å². The van der Waals surface area contributed by atoms with Gasteiger partial charge >= 0.3 is 5.97 Å². The van der Waals surface area contributed by atoms with Crippen LogP contribution in [0, 0.1) is 24.2 Å². The maximum Gasteiger partial charge on any atom is 0.324 e. The molecule has 7 heteroatoms. The summed E-state index contributed by atoms with van der Waals surface area (Å²) in [7, 11) is 0. The maximum atomic E-state index is 12.2. The van der Waals surface area contributed by atoms with Gasteiger partial charge in [-0.2, -0.15) is 5.26 Å². The second-order valence-corrected chi connectivity index (χ2v) is 5.92. The molecule has 0 saturated carbocycles. The molecule has 0 aliphatic rings. The fourth-order valence-electron chi connectivity index (χ4n) is 2.52. The van der Waals surface area contributed by atoms with Gasteiger partial charge in [0.15, 0.2) is 5.92 Å². The molecular formula is C16H16BrN3O3. The predicted molar refractivity (Wildman–Crippen MR) is 87.9 cm³/mol. The van der Waals surface area contributed by atoms with Gasteiger partial charge in [0.2, 0.25) is 0 Å². The van der Waals surface area contributed by atoms with Crippen molar-refractivity contribution < 1.29 is 9.53 Å². The van der Waals surface area contributed by atoms with Crippen molar-refractivity contribution in [1.82, 2.24) is 10.2 Å². The Morgan fingerprint density at radius 1 is 1.35 bits per heavy atom. The van der Waals surface area contributed by atoms with E-state index in [0.717, 1.165) is 4.47 Å². The van der Waals surface area contributed by atoms with E-state index in [2.05, 4.69) is 26.1 Å². The van der Waals surface area contributed by atoms with E-state index in [1.54, 1.807) is 38.1 Å². The molecule has 0 spiro atoms. The van der Waals surface area contributed by atoms with Crippen LogP contribution in [0.25, 0.3) is 0 Å². The minimum absolute atomic E-state index is 0.173. The number of halogens is 1. The van der Waals surface area contributed by atoms with Gasteiger partial charge in [0.1, 0.15) is 0 Å². The van der Waals surface area contributed by atoms with Crippen LogP contribution >= 0.6 is 15.9 Å². The number of nitrogens with zero attached hydrogens (tertiary/aromatic N) is 1. The molecule has 1 aromatic heterocycles. The molecule has 23 heavy (non-hydrogen) atoms. The highest BCUT2D eigenvalue weighted by atomic mass is 79.9. The number of aromatic amines is 2. The first-order valence-corrected chi connectivity index (χ1v) is 7.87. The van der Waals surface area contributed by atoms with Crippen LogP contribution in [0.2, 0.25) is 0 Å². The molecular weight excluding hydrogens is 362 g/mol. The molecule has 6 nitrogen and oxygen atoms in total. The Balaban J connectivity index is 2.60. The molecule has 1 aromatic carbocycles. The molecule has 0 saturated heterocycles. The number of carbonyl (C=O) groups excluding carboxylic acids is 1. The van der Waals surface area contributed by atoms with Crippen molar-refractivity contribution in [3.8, 4) is 6.07 Å². The minimum atomic E-state index is -1.10. The number of hydrogen-bond donors (Lipinski definition) is 2. The lowest BCUT2D eigenvalue weighted by Crippen LogP contribution is -2.27. The van der Waals surface area contributed by atoms with Gasteiger partial charge in [-0.15, -0.1) is 0 Å². The summed E-state index contributed by atoms with van der Waals surface area (Å²) in [5.41, 5.74) is 1.31. The fraction of sp³-hybridized carbons (Fsp3) is 0.312. The number of aryl methyl sites for hydroxylation is 1. The average Bonchev–Trinajstić information content (AvgIpc) is 2.85. The third kappa shape index (κ3) is 3.54. The Kier molecular flexibility index (Phi) is 5.40. The Bertz CT molecular complexity index is 786. The molecule has 0 bridgehead atoms. The summed E-state index contributed by atoms with van der Waals surface area (Å²) < 4.78 is 5.87. The van der Waals surface area contributed by atoms with E-state index in [4.69, 9.17) is 4.74 Å². The van der Waals surface area contributed by atoms with E-state index >= 15 is 0 Å². The molecule has 2 N–H and O–H groups in total. The molecule has 0 unspecified atom stereocenters. The van der Waals surface area contributed by atoms with Crippen molar-refractivity contribution in [3.05, 3.63) is 55.9 Å². The van der Waals surface area contributed by atoms with Crippen LogP contribution in [-0.2, 0) is 9.53 Å². The second-order valence-electron chi connectivity index (χ2n) is 5.01. The van der Waals surface area contributed by atoms with Gasteiger partial charge in [0, 0.05) is 21.6 Å². The highest BCUT2D eigenvalue weighted by Crippen LogP contribution is 2.33. The number of nitriles is 1. The number of ether oxygens (including phenoxy) is 1. The zero-order valence-electron chi connectivity index (χ0n) is 12.7. The lowest BCUT2D eigenvalue weighted by atomic mass is 9.81. The Morgan fingerprint density at radius 3 is 2.48 bits per heavy atom. The number of nitrogens with one attached hydrogen (secondary N) is 2. The first kappa shape index (κ1) is 17.0. The zero-order chi connectivity index (χ0) is 17.0. The standard InChI is InChI=1S/C16H16BrN3O3/c1-3-23-16(22)12(8-18)14(10-4-6-11(17)7-5-10)13-9(2)19-20-15(13)21/h4-7,12,14H,3H2,1-2H3,(H2,19,20,21)/t12-,14-/m0/s1. The summed E-state index contributed by atoms with van der Waals surface area (Å²) in [6.45, 7) is 3.57. The van der Waals surface area contributed by atoms with E-state index < -0.39 is 17.8 Å². The number of esters is 1. The number of hydrogen-bond acceptors (Lipinski definition) is 4. The third-order valence-corrected chi connectivity index (χ3v) is 4.09. The van der Waals surface area contributed by atoms with Crippen molar-refractivity contribution >= 4 is 21.9 Å². The normalized spacial score (nSPS) is 13.1. The van der Waals surface area contributed by atoms with E-state index in [1.165, 1.54) is 0 Å². The molecule has 2 aromatic rings. The Morgan fingerprint density at radius 2 is 2.00 bits per heavy atom. The quantitative estimate of drug-likeness (QED) is 0.782. The lowest BCUT2D eigenvalue weighted by Gasteiger charge is -2.20. The van der Waals surface area contributed by atoms with Gasteiger partial charge in [0.25, 0.3) is 5.56 Å². The number of rotatable bonds is 5. The van der Waals surface area contributed by atoms with Crippen LogP contribution < -0.4 is 5.56 Å². The van der Waals surface area contributed by atoms with E-state index in [0.29, 0.717) is 16.8 Å². The summed E-state index contributed by atoms with van der Waals surface area (Å²) in [6.07, 6.45) is 0. The number of carbonyl (C=O) groups is 1. The molecule has 2 rings (SSSR count). The van der Waals surface area contributed by atoms with Crippen molar-refractivity contribution in [2.45, 2.75) is 19.8 Å². The molecule has 0 fully saturated rings. The van der Waals surface area contributed by atoms with Gasteiger partial charge < -0.3 is 9.84 Å². The molecule has 0 aliphatic heterocycles. The highest BCUT2D eigenvalue weighted by molar-refractivity contribution is 9.10. The smallest absolute Gasteiger partial charge is 0.324 e. The van der Waals surface area contributed by atoms with E-state index in [9.17, 15) is 14.9 Å². The topological polar surface area (TPSA) is 98.7 Å². The monoisotopic (exact) mass is 377 g/mol. The van der Waals surface area contributed by atoms with Gasteiger partial charge in [0.05, 0.1) is 12.7 Å². The van der Waals surface area contributed by atoms with E-state index in [1.807, 2.05) is 6.07 Å². The van der Waals surface area contributed by atoms with Crippen LogP contribution in [0.15, 0.2) is 33.5 Å². The SMILES string of the molecule is CCOC(=O)[C@@H](C#N)[C@H](c1ccc(Br)cc1)c1c(C)[nH][nH]c1=O. The van der Waals surface area contributed by atoms with Crippen LogP contribution in [0.3, 0.4) is 0 Å². The Hall–Kier alpha value is -2.33. The number of H-pyrrole nitrogens is 2. The summed E-state index contributed by atoms with van der Waals surface area (Å²) in [4.78, 5) is 24.4. The molecule has 0 radical (unpaired) electrons. The second kappa shape index (κ2) is 7.29. The number of aromatic nitrogens is 2. The summed E-state index contributed by atoms with van der Waals surface area (Å²) in [5, 5.41) is 14.7. The van der Waals surface area contributed by atoms with Crippen LogP contribution in [0.4, 0.5) is 0 Å². The Labute approximate surface area is 141 Å². The van der Waals surface area contributed by atoms with Crippen LogP contribution in [0.1, 0.15) is 29.7 Å². The van der Waals surface area contributed by atoms with Gasteiger partial charge in [-0.05, 0) is 31.5 Å². The molecule has 0 aliphatic carbocycles. The average molecular weight is 378 g/mol. The maximum absolute atomic E-state index is 12.2. The minimum Gasteiger partial charge on any atom is -0.465 e. The first-order valence-electron chi connectivity index (χ1n) is 7.08. The molecule has 120 valence electrons. The highest BCUT2D eigenvalue weighted by Gasteiger charge is 2.35. The first-order chi connectivity index (χ1) is 11.0. The van der Waals surface area contributed by atoms with E-state index in [-0.39, 0.29) is 12.2 Å². The molecule has 0 amide bonds.